The first-order valence-corrected chi connectivity index (χ1v) is 6.76. The molecule has 0 saturated carbocycles. The summed E-state index contributed by atoms with van der Waals surface area (Å²) >= 11 is 0. The monoisotopic (exact) mass is 311 g/mol. The molecule has 2 rings (SSSR count). The SMILES string of the molecule is N#Cc1cccc(NC(=O)CCOc2ccc([N+](=O)[O-])cc2)c1. The Morgan fingerprint density at radius 3 is 2.65 bits per heavy atom. The van der Waals surface area contributed by atoms with Crippen molar-refractivity contribution in [2.75, 3.05) is 11.9 Å². The second-order valence-electron chi connectivity index (χ2n) is 4.59. The van der Waals surface area contributed by atoms with Crippen LogP contribution in [0.25, 0.3) is 0 Å². The van der Waals surface area contributed by atoms with Crippen LogP contribution in [0.3, 0.4) is 0 Å². The van der Waals surface area contributed by atoms with Crippen molar-refractivity contribution in [3.63, 3.8) is 0 Å². The van der Waals surface area contributed by atoms with E-state index in [1.54, 1.807) is 24.3 Å². The lowest BCUT2D eigenvalue weighted by Gasteiger charge is -2.07. The van der Waals surface area contributed by atoms with Crippen molar-refractivity contribution in [2.45, 2.75) is 6.42 Å². The number of ether oxygens (including phenoxy) is 1. The van der Waals surface area contributed by atoms with Gasteiger partial charge in [-0.15, -0.1) is 0 Å². The average Bonchev–Trinajstić information content (AvgIpc) is 2.55. The normalized spacial score (nSPS) is 9.70. The van der Waals surface area contributed by atoms with Crippen LogP contribution in [0.1, 0.15) is 12.0 Å². The van der Waals surface area contributed by atoms with Crippen LogP contribution in [-0.2, 0) is 4.79 Å². The number of nitrogens with one attached hydrogen (secondary N) is 1. The van der Waals surface area contributed by atoms with Gasteiger partial charge in [-0.1, -0.05) is 6.07 Å². The highest BCUT2D eigenvalue weighted by atomic mass is 16.6. The molecule has 0 aromatic heterocycles. The predicted molar refractivity (Wildman–Crippen MR) is 83.0 cm³/mol. The van der Waals surface area contributed by atoms with Crippen molar-refractivity contribution in [1.29, 1.82) is 5.26 Å². The average molecular weight is 311 g/mol. The van der Waals surface area contributed by atoms with Crippen LogP contribution in [0.5, 0.6) is 5.75 Å². The highest BCUT2D eigenvalue weighted by molar-refractivity contribution is 5.90. The van der Waals surface area contributed by atoms with Crippen molar-refractivity contribution in [3.8, 4) is 11.8 Å². The number of non-ortho nitro benzene ring substituents is 1. The van der Waals surface area contributed by atoms with E-state index < -0.39 is 4.92 Å². The van der Waals surface area contributed by atoms with Crippen LogP contribution in [0.2, 0.25) is 0 Å². The molecule has 7 heteroatoms. The first-order valence-electron chi connectivity index (χ1n) is 6.76. The van der Waals surface area contributed by atoms with Crippen LogP contribution >= 0.6 is 0 Å². The van der Waals surface area contributed by atoms with Crippen LogP contribution in [0.15, 0.2) is 48.5 Å². The van der Waals surface area contributed by atoms with Gasteiger partial charge < -0.3 is 10.1 Å². The Hall–Kier alpha value is -3.40. The number of hydrogen-bond donors (Lipinski definition) is 1. The third-order valence-corrected chi connectivity index (χ3v) is 2.92. The van der Waals surface area contributed by atoms with Gasteiger partial charge in [-0.2, -0.15) is 5.26 Å². The molecule has 0 bridgehead atoms. The van der Waals surface area contributed by atoms with E-state index in [9.17, 15) is 14.9 Å². The number of carbonyl (C=O) groups excluding carboxylic acids is 1. The molecule has 0 saturated heterocycles. The maximum absolute atomic E-state index is 11.8. The molecule has 0 atom stereocenters. The molecule has 0 heterocycles. The molecule has 1 N–H and O–H groups in total. The zero-order valence-corrected chi connectivity index (χ0v) is 12.1. The number of carbonyl (C=O) groups is 1. The van der Waals surface area contributed by atoms with Crippen molar-refractivity contribution in [2.24, 2.45) is 0 Å². The summed E-state index contributed by atoms with van der Waals surface area (Å²) in [7, 11) is 0. The number of nitrogens with zero attached hydrogens (tertiary/aromatic N) is 2. The van der Waals surface area contributed by atoms with E-state index in [0.29, 0.717) is 17.0 Å². The van der Waals surface area contributed by atoms with Gasteiger partial charge in [0.05, 0.1) is 29.6 Å². The van der Waals surface area contributed by atoms with Crippen molar-refractivity contribution in [1.82, 2.24) is 0 Å². The van der Waals surface area contributed by atoms with Crippen LogP contribution in [0, 0.1) is 21.4 Å². The zero-order valence-electron chi connectivity index (χ0n) is 12.1. The number of nitro benzene ring substituents is 1. The topological polar surface area (TPSA) is 105 Å². The van der Waals surface area contributed by atoms with Gasteiger partial charge in [0.15, 0.2) is 0 Å². The predicted octanol–water partition coefficient (Wildman–Crippen LogP) is 2.87. The molecule has 2 aromatic rings. The Labute approximate surface area is 132 Å². The highest BCUT2D eigenvalue weighted by Crippen LogP contribution is 2.17. The summed E-state index contributed by atoms with van der Waals surface area (Å²) in [5.41, 5.74) is 0.988. The first-order chi connectivity index (χ1) is 11.1. The first kappa shape index (κ1) is 16.0. The van der Waals surface area contributed by atoms with E-state index >= 15 is 0 Å². The van der Waals surface area contributed by atoms with E-state index in [1.807, 2.05) is 6.07 Å². The number of hydrogen-bond acceptors (Lipinski definition) is 5. The van der Waals surface area contributed by atoms with Crippen LogP contribution in [-0.4, -0.2) is 17.4 Å². The summed E-state index contributed by atoms with van der Waals surface area (Å²) in [5, 5.41) is 22.0. The molecular weight excluding hydrogens is 298 g/mol. The van der Waals surface area contributed by atoms with Crippen molar-refractivity contribution >= 4 is 17.3 Å². The lowest BCUT2D eigenvalue weighted by atomic mass is 10.2. The van der Waals surface area contributed by atoms with E-state index in [2.05, 4.69) is 5.32 Å². The maximum atomic E-state index is 11.8. The van der Waals surface area contributed by atoms with Gasteiger partial charge in [0, 0.05) is 17.8 Å². The molecule has 7 nitrogen and oxygen atoms in total. The van der Waals surface area contributed by atoms with Gasteiger partial charge in [-0.3, -0.25) is 14.9 Å². The zero-order chi connectivity index (χ0) is 16.7. The Morgan fingerprint density at radius 2 is 2.00 bits per heavy atom. The largest absolute Gasteiger partial charge is 0.493 e. The molecule has 116 valence electrons. The molecule has 0 fully saturated rings. The Balaban J connectivity index is 1.80. The molecule has 23 heavy (non-hydrogen) atoms. The fraction of sp³-hybridized carbons (Fsp3) is 0.125. The second-order valence-corrected chi connectivity index (χ2v) is 4.59. The third kappa shape index (κ3) is 4.82. The molecule has 0 aliphatic heterocycles. The summed E-state index contributed by atoms with van der Waals surface area (Å²) in [5.74, 6) is 0.205. The molecule has 0 aliphatic carbocycles. The lowest BCUT2D eigenvalue weighted by molar-refractivity contribution is -0.384. The van der Waals surface area contributed by atoms with Gasteiger partial charge in [-0.05, 0) is 30.3 Å². The summed E-state index contributed by atoms with van der Waals surface area (Å²) in [4.78, 5) is 21.8. The van der Waals surface area contributed by atoms with Gasteiger partial charge in [-0.25, -0.2) is 0 Å². The Morgan fingerprint density at radius 1 is 1.26 bits per heavy atom. The standard InChI is InChI=1S/C16H13N3O4/c17-11-12-2-1-3-13(10-12)18-16(20)8-9-23-15-6-4-14(5-7-15)19(21)22/h1-7,10H,8-9H2,(H,18,20). The maximum Gasteiger partial charge on any atom is 0.269 e. The quantitative estimate of drug-likeness (QED) is 0.652. The number of anilines is 1. The highest BCUT2D eigenvalue weighted by Gasteiger charge is 2.06. The molecular formula is C16H13N3O4. The van der Waals surface area contributed by atoms with Gasteiger partial charge >= 0.3 is 0 Å². The van der Waals surface area contributed by atoms with Crippen LogP contribution < -0.4 is 10.1 Å². The van der Waals surface area contributed by atoms with Gasteiger partial charge in [0.2, 0.25) is 5.91 Å². The Kier molecular flexibility index (Phi) is 5.25. The Bertz CT molecular complexity index is 751. The number of nitro groups is 1. The summed E-state index contributed by atoms with van der Waals surface area (Å²) in [6, 6.07) is 14.2. The van der Waals surface area contributed by atoms with Crippen molar-refractivity contribution < 1.29 is 14.5 Å². The van der Waals surface area contributed by atoms with Gasteiger partial charge in [0.25, 0.3) is 5.69 Å². The molecule has 0 radical (unpaired) electrons. The number of rotatable bonds is 6. The molecule has 0 spiro atoms. The van der Waals surface area contributed by atoms with Gasteiger partial charge in [0.1, 0.15) is 5.75 Å². The summed E-state index contributed by atoms with van der Waals surface area (Å²) in [6.45, 7) is 0.140. The molecule has 0 aliphatic rings. The number of benzene rings is 2. The van der Waals surface area contributed by atoms with E-state index in [1.165, 1.54) is 24.3 Å². The lowest BCUT2D eigenvalue weighted by Crippen LogP contribution is -2.15. The molecule has 2 aromatic carbocycles. The minimum atomic E-state index is -0.493. The number of nitriles is 1. The van der Waals surface area contributed by atoms with Crippen molar-refractivity contribution in [3.05, 3.63) is 64.2 Å². The fourth-order valence-corrected chi connectivity index (χ4v) is 1.82. The summed E-state index contributed by atoms with van der Waals surface area (Å²) < 4.78 is 5.36. The van der Waals surface area contributed by atoms with E-state index in [-0.39, 0.29) is 24.6 Å². The second kappa shape index (κ2) is 7.56. The smallest absolute Gasteiger partial charge is 0.269 e. The molecule has 0 unspecified atom stereocenters. The fourth-order valence-electron chi connectivity index (χ4n) is 1.82. The number of amides is 1. The summed E-state index contributed by atoms with van der Waals surface area (Å²) in [6.07, 6.45) is 0.119. The van der Waals surface area contributed by atoms with E-state index in [4.69, 9.17) is 10.00 Å². The minimum Gasteiger partial charge on any atom is -0.493 e. The molecule has 1 amide bonds. The third-order valence-electron chi connectivity index (χ3n) is 2.92. The minimum absolute atomic E-state index is 0.0209. The van der Waals surface area contributed by atoms with E-state index in [0.717, 1.165) is 0 Å². The van der Waals surface area contributed by atoms with Crippen LogP contribution in [0.4, 0.5) is 11.4 Å².